The Morgan fingerprint density at radius 3 is 2.75 bits per heavy atom. The Balaban J connectivity index is 2.10. The van der Waals surface area contributed by atoms with Gasteiger partial charge < -0.3 is 10.1 Å². The van der Waals surface area contributed by atoms with E-state index in [2.05, 4.69) is 20.3 Å². The molecule has 1 N–H and O–H groups in total. The Labute approximate surface area is 119 Å². The molecule has 2 heterocycles. The highest BCUT2D eigenvalue weighted by Gasteiger charge is 2.19. The summed E-state index contributed by atoms with van der Waals surface area (Å²) in [5.74, 6) is -0.939. The fraction of sp³-hybridized carbons (Fsp3) is 0.273. The molecule has 0 aliphatic heterocycles. The van der Waals surface area contributed by atoms with Crippen LogP contribution >= 0.6 is 11.6 Å². The van der Waals surface area contributed by atoms with Crippen LogP contribution < -0.4 is 5.32 Å². The zero-order valence-electron chi connectivity index (χ0n) is 10.8. The number of aryl methyl sites for hydroxylation is 1. The number of nitrogens with one attached hydrogen (secondary N) is 1. The van der Waals surface area contributed by atoms with Crippen molar-refractivity contribution in [2.75, 3.05) is 12.4 Å². The van der Waals surface area contributed by atoms with Gasteiger partial charge in [0.1, 0.15) is 6.54 Å². The van der Waals surface area contributed by atoms with Crippen molar-refractivity contribution < 1.29 is 14.3 Å². The van der Waals surface area contributed by atoms with Crippen molar-refractivity contribution in [1.82, 2.24) is 19.6 Å². The highest BCUT2D eigenvalue weighted by atomic mass is 35.5. The number of nitrogens with zero attached hydrogens (tertiary/aromatic N) is 4. The van der Waals surface area contributed by atoms with Gasteiger partial charge >= 0.3 is 5.97 Å². The van der Waals surface area contributed by atoms with E-state index in [0.717, 1.165) is 0 Å². The van der Waals surface area contributed by atoms with Crippen LogP contribution in [0.25, 0.3) is 0 Å². The molecule has 0 aliphatic carbocycles. The highest BCUT2D eigenvalue weighted by molar-refractivity contribution is 6.30. The van der Waals surface area contributed by atoms with Crippen molar-refractivity contribution in [3.8, 4) is 0 Å². The first-order valence-electron chi connectivity index (χ1n) is 5.59. The van der Waals surface area contributed by atoms with Gasteiger partial charge in [0.2, 0.25) is 5.91 Å². The molecule has 0 saturated heterocycles. The zero-order chi connectivity index (χ0) is 14.7. The molecule has 1 amide bonds. The third-order valence-electron chi connectivity index (χ3n) is 2.50. The monoisotopic (exact) mass is 297 g/mol. The summed E-state index contributed by atoms with van der Waals surface area (Å²) in [6.07, 6.45) is 4.32. The highest BCUT2D eigenvalue weighted by Crippen LogP contribution is 2.15. The van der Waals surface area contributed by atoms with E-state index < -0.39 is 5.97 Å². The molecular formula is C11H12ClN5O3. The predicted molar refractivity (Wildman–Crippen MR) is 70.4 cm³/mol. The van der Waals surface area contributed by atoms with E-state index in [4.69, 9.17) is 11.6 Å². The second-order valence-corrected chi connectivity index (χ2v) is 4.36. The molecule has 8 nitrogen and oxygen atoms in total. The molecule has 0 saturated carbocycles. The normalized spacial score (nSPS) is 10.3. The van der Waals surface area contributed by atoms with Crippen LogP contribution in [0.15, 0.2) is 18.6 Å². The van der Waals surface area contributed by atoms with Crippen LogP contribution in [-0.2, 0) is 23.1 Å². The molecule has 20 heavy (non-hydrogen) atoms. The average Bonchev–Trinajstić information content (AvgIpc) is 2.95. The van der Waals surface area contributed by atoms with E-state index in [1.54, 1.807) is 7.05 Å². The van der Waals surface area contributed by atoms with Gasteiger partial charge in [0.15, 0.2) is 5.69 Å². The van der Waals surface area contributed by atoms with Gasteiger partial charge in [-0.25, -0.2) is 4.79 Å². The second kappa shape index (κ2) is 5.74. The number of aromatic nitrogens is 4. The molecule has 0 spiro atoms. The largest absolute Gasteiger partial charge is 0.464 e. The Kier molecular flexibility index (Phi) is 4.04. The topological polar surface area (TPSA) is 91.0 Å². The van der Waals surface area contributed by atoms with Crippen LogP contribution in [0.1, 0.15) is 10.5 Å². The molecule has 0 aliphatic rings. The minimum atomic E-state index is -0.581. The van der Waals surface area contributed by atoms with Crippen LogP contribution in [-0.4, -0.2) is 38.5 Å². The first-order valence-corrected chi connectivity index (χ1v) is 5.97. The third kappa shape index (κ3) is 2.97. The smallest absolute Gasteiger partial charge is 0.358 e. The van der Waals surface area contributed by atoms with Crippen LogP contribution in [0.2, 0.25) is 5.02 Å². The fourth-order valence-electron chi connectivity index (χ4n) is 1.63. The van der Waals surface area contributed by atoms with Crippen LogP contribution in [0.5, 0.6) is 0 Å². The fourth-order valence-corrected chi connectivity index (χ4v) is 1.79. The first-order chi connectivity index (χ1) is 9.51. The van der Waals surface area contributed by atoms with Crippen molar-refractivity contribution >= 4 is 29.2 Å². The summed E-state index contributed by atoms with van der Waals surface area (Å²) in [4.78, 5) is 23.4. The van der Waals surface area contributed by atoms with Crippen molar-refractivity contribution in [2.24, 2.45) is 7.05 Å². The lowest BCUT2D eigenvalue weighted by Gasteiger charge is -2.06. The maximum absolute atomic E-state index is 11.9. The van der Waals surface area contributed by atoms with Crippen molar-refractivity contribution in [2.45, 2.75) is 6.54 Å². The lowest BCUT2D eigenvalue weighted by Crippen LogP contribution is -2.21. The van der Waals surface area contributed by atoms with Crippen LogP contribution in [0.4, 0.5) is 5.69 Å². The maximum atomic E-state index is 11.9. The number of carbonyl (C=O) groups excluding carboxylic acids is 2. The average molecular weight is 298 g/mol. The van der Waals surface area contributed by atoms with E-state index in [1.165, 1.54) is 35.1 Å². The van der Waals surface area contributed by atoms with Crippen molar-refractivity contribution in [3.63, 3.8) is 0 Å². The van der Waals surface area contributed by atoms with Crippen molar-refractivity contribution in [1.29, 1.82) is 0 Å². The van der Waals surface area contributed by atoms with Crippen LogP contribution in [0.3, 0.4) is 0 Å². The Bertz CT molecular complexity index is 648. The number of amides is 1. The van der Waals surface area contributed by atoms with Gasteiger partial charge in [-0.1, -0.05) is 11.6 Å². The molecular weight excluding hydrogens is 286 g/mol. The molecule has 0 aromatic carbocycles. The predicted octanol–water partition coefficient (Wildman–Crippen LogP) is 0.695. The Morgan fingerprint density at radius 2 is 2.15 bits per heavy atom. The number of anilines is 1. The SMILES string of the molecule is COC(=O)c1c(NC(=O)Cn2cc(Cl)cn2)cnn1C. The Hall–Kier alpha value is -2.35. The summed E-state index contributed by atoms with van der Waals surface area (Å²) in [6, 6.07) is 0. The molecule has 0 radical (unpaired) electrons. The standard InChI is InChI=1S/C11H12ClN5O3/c1-16-10(11(19)20-2)8(4-13-16)15-9(18)6-17-5-7(12)3-14-17/h3-5H,6H2,1-2H3,(H,15,18). The quantitative estimate of drug-likeness (QED) is 0.839. The van der Waals surface area contributed by atoms with E-state index >= 15 is 0 Å². The summed E-state index contributed by atoms with van der Waals surface area (Å²) in [6.45, 7) is -0.0256. The van der Waals surface area contributed by atoms with E-state index in [9.17, 15) is 9.59 Å². The summed E-state index contributed by atoms with van der Waals surface area (Å²) in [5, 5.41) is 10.8. The lowest BCUT2D eigenvalue weighted by molar-refractivity contribution is -0.116. The number of esters is 1. The molecule has 9 heteroatoms. The number of ether oxygens (including phenoxy) is 1. The molecule has 0 atom stereocenters. The summed E-state index contributed by atoms with van der Waals surface area (Å²) < 4.78 is 7.34. The number of rotatable bonds is 4. The lowest BCUT2D eigenvalue weighted by atomic mass is 10.3. The number of hydrogen-bond donors (Lipinski definition) is 1. The number of methoxy groups -OCH3 is 1. The number of hydrogen-bond acceptors (Lipinski definition) is 5. The van der Waals surface area contributed by atoms with Gasteiger partial charge in [-0.3, -0.25) is 14.2 Å². The summed E-state index contributed by atoms with van der Waals surface area (Å²) >= 11 is 5.70. The third-order valence-corrected chi connectivity index (χ3v) is 2.69. The van der Waals surface area contributed by atoms with Crippen molar-refractivity contribution in [3.05, 3.63) is 29.3 Å². The molecule has 0 fully saturated rings. The summed E-state index contributed by atoms with van der Waals surface area (Å²) in [7, 11) is 2.84. The molecule has 2 aromatic rings. The van der Waals surface area contributed by atoms with Gasteiger partial charge in [0.25, 0.3) is 0 Å². The van der Waals surface area contributed by atoms with E-state index in [1.807, 2.05) is 0 Å². The number of halogens is 1. The van der Waals surface area contributed by atoms with Gasteiger partial charge in [0.05, 0.1) is 30.2 Å². The van der Waals surface area contributed by atoms with Gasteiger partial charge in [0, 0.05) is 13.2 Å². The second-order valence-electron chi connectivity index (χ2n) is 3.93. The van der Waals surface area contributed by atoms with Gasteiger partial charge in [-0.15, -0.1) is 0 Å². The molecule has 0 unspecified atom stereocenters. The number of carbonyl (C=O) groups is 2. The zero-order valence-corrected chi connectivity index (χ0v) is 11.6. The first kappa shape index (κ1) is 14.1. The molecule has 0 bridgehead atoms. The van der Waals surface area contributed by atoms with Gasteiger partial charge in [-0.2, -0.15) is 10.2 Å². The minimum Gasteiger partial charge on any atom is -0.464 e. The molecule has 2 aromatic heterocycles. The minimum absolute atomic E-state index is 0.0256. The molecule has 106 valence electrons. The molecule has 2 rings (SSSR count). The van der Waals surface area contributed by atoms with E-state index in [-0.39, 0.29) is 23.8 Å². The van der Waals surface area contributed by atoms with E-state index in [0.29, 0.717) is 5.02 Å². The van der Waals surface area contributed by atoms with Crippen LogP contribution in [0, 0.1) is 0 Å². The van der Waals surface area contributed by atoms with Gasteiger partial charge in [-0.05, 0) is 0 Å². The summed E-state index contributed by atoms with van der Waals surface area (Å²) in [5.41, 5.74) is 0.446. The Morgan fingerprint density at radius 1 is 1.40 bits per heavy atom. The maximum Gasteiger partial charge on any atom is 0.358 e.